The van der Waals surface area contributed by atoms with Crippen molar-refractivity contribution in [1.29, 1.82) is 0 Å². The number of carbonyl (C=O) groups is 2. The molecule has 2 N–H and O–H groups in total. The molecule has 0 unspecified atom stereocenters. The second-order valence-corrected chi connectivity index (χ2v) is 5.04. The van der Waals surface area contributed by atoms with E-state index in [1.54, 1.807) is 6.08 Å². The first kappa shape index (κ1) is 11.9. The zero-order valence-corrected chi connectivity index (χ0v) is 10.0. The molecule has 0 spiro atoms. The molecule has 0 aliphatic rings. The van der Waals surface area contributed by atoms with Crippen molar-refractivity contribution in [3.05, 3.63) is 26.9 Å². The summed E-state index contributed by atoms with van der Waals surface area (Å²) in [6.07, 6.45) is 2.86. The Balaban J connectivity index is 2.44. The highest BCUT2D eigenvalue weighted by molar-refractivity contribution is 9.11. The number of halogens is 1. The fourth-order valence-corrected chi connectivity index (χ4v) is 2.08. The van der Waals surface area contributed by atoms with Gasteiger partial charge in [0.1, 0.15) is 0 Å². The molecule has 0 aromatic carbocycles. The lowest BCUT2D eigenvalue weighted by molar-refractivity contribution is -0.142. The Morgan fingerprint density at radius 2 is 2.27 bits per heavy atom. The van der Waals surface area contributed by atoms with Gasteiger partial charge in [0.05, 0.1) is 3.79 Å². The lowest BCUT2D eigenvalue weighted by Gasteiger charge is -1.95. The number of amides is 1. The van der Waals surface area contributed by atoms with Crippen molar-refractivity contribution in [2.75, 3.05) is 6.61 Å². The lowest BCUT2D eigenvalue weighted by Crippen LogP contribution is -2.19. The van der Waals surface area contributed by atoms with Gasteiger partial charge in [-0.2, -0.15) is 0 Å². The minimum atomic E-state index is -0.671. The molecule has 1 aromatic heterocycles. The van der Waals surface area contributed by atoms with E-state index in [0.29, 0.717) is 0 Å². The SMILES string of the molecule is NC(=O)COC(=O)/C=C/c1ccc(Br)s1. The van der Waals surface area contributed by atoms with Gasteiger partial charge in [-0.1, -0.05) is 0 Å². The summed E-state index contributed by atoms with van der Waals surface area (Å²) in [4.78, 5) is 22.2. The number of carbonyl (C=O) groups excluding carboxylic acids is 2. The Kier molecular flexibility index (Phi) is 4.51. The molecule has 1 rings (SSSR count). The van der Waals surface area contributed by atoms with Crippen LogP contribution >= 0.6 is 27.3 Å². The highest BCUT2D eigenvalue weighted by atomic mass is 79.9. The predicted molar refractivity (Wildman–Crippen MR) is 61.2 cm³/mol. The third kappa shape index (κ3) is 4.75. The summed E-state index contributed by atoms with van der Waals surface area (Å²) in [6, 6.07) is 3.73. The predicted octanol–water partition coefficient (Wildman–Crippen LogP) is 1.55. The van der Waals surface area contributed by atoms with Crippen molar-refractivity contribution in [3.8, 4) is 0 Å². The van der Waals surface area contributed by atoms with Crippen LogP contribution in [0.25, 0.3) is 6.08 Å². The molecule has 1 amide bonds. The van der Waals surface area contributed by atoms with Gasteiger partial charge in [0, 0.05) is 11.0 Å². The molecular formula is C9H8BrNO3S. The molecule has 0 bridgehead atoms. The first-order valence-electron chi connectivity index (χ1n) is 3.96. The Morgan fingerprint density at radius 3 is 2.80 bits per heavy atom. The minimum absolute atomic E-state index is 0.392. The van der Waals surface area contributed by atoms with Crippen molar-refractivity contribution >= 4 is 45.2 Å². The van der Waals surface area contributed by atoms with Crippen molar-refractivity contribution in [2.45, 2.75) is 0 Å². The zero-order valence-electron chi connectivity index (χ0n) is 7.60. The molecule has 1 heterocycles. The number of hydrogen-bond acceptors (Lipinski definition) is 4. The molecule has 0 fully saturated rings. The van der Waals surface area contributed by atoms with Crippen LogP contribution in [0.15, 0.2) is 22.0 Å². The first-order valence-corrected chi connectivity index (χ1v) is 5.57. The fourth-order valence-electron chi connectivity index (χ4n) is 0.758. The van der Waals surface area contributed by atoms with E-state index in [1.165, 1.54) is 17.4 Å². The largest absolute Gasteiger partial charge is 0.452 e. The molecule has 0 saturated heterocycles. The number of ether oxygens (including phenoxy) is 1. The van der Waals surface area contributed by atoms with E-state index in [9.17, 15) is 9.59 Å². The summed E-state index contributed by atoms with van der Waals surface area (Å²) < 4.78 is 5.50. The van der Waals surface area contributed by atoms with Gasteiger partial charge < -0.3 is 10.5 Å². The molecule has 0 aliphatic heterocycles. The fraction of sp³-hybridized carbons (Fsp3) is 0.111. The van der Waals surface area contributed by atoms with Gasteiger partial charge in [-0.25, -0.2) is 4.79 Å². The van der Waals surface area contributed by atoms with Crippen LogP contribution in [0.4, 0.5) is 0 Å². The number of esters is 1. The summed E-state index contributed by atoms with van der Waals surface area (Å²) in [5.74, 6) is -1.26. The smallest absolute Gasteiger partial charge is 0.331 e. The molecule has 0 saturated carbocycles. The van der Waals surface area contributed by atoms with Gasteiger partial charge >= 0.3 is 5.97 Å². The third-order valence-corrected chi connectivity index (χ3v) is 2.92. The maximum atomic E-state index is 11.0. The van der Waals surface area contributed by atoms with Crippen LogP contribution in [-0.2, 0) is 14.3 Å². The molecule has 80 valence electrons. The normalized spacial score (nSPS) is 10.5. The van der Waals surface area contributed by atoms with Crippen LogP contribution in [0.1, 0.15) is 4.88 Å². The van der Waals surface area contributed by atoms with Gasteiger partial charge in [-0.15, -0.1) is 11.3 Å². The Bertz CT molecular complexity index is 400. The maximum Gasteiger partial charge on any atom is 0.331 e. The van der Waals surface area contributed by atoms with E-state index in [2.05, 4.69) is 20.7 Å². The Morgan fingerprint density at radius 1 is 1.53 bits per heavy atom. The van der Waals surface area contributed by atoms with E-state index in [0.717, 1.165) is 8.66 Å². The highest BCUT2D eigenvalue weighted by Gasteiger charge is 2.00. The maximum absolute atomic E-state index is 11.0. The average molecular weight is 290 g/mol. The summed E-state index contributed by atoms with van der Waals surface area (Å²) in [5.41, 5.74) is 4.81. The highest BCUT2D eigenvalue weighted by Crippen LogP contribution is 2.22. The van der Waals surface area contributed by atoms with Gasteiger partial charge in [-0.3, -0.25) is 4.79 Å². The Hall–Kier alpha value is -1.14. The number of rotatable bonds is 4. The van der Waals surface area contributed by atoms with Gasteiger partial charge in [0.15, 0.2) is 6.61 Å². The van der Waals surface area contributed by atoms with Crippen molar-refractivity contribution < 1.29 is 14.3 Å². The third-order valence-electron chi connectivity index (χ3n) is 1.33. The average Bonchev–Trinajstić information content (AvgIpc) is 2.58. The van der Waals surface area contributed by atoms with Crippen molar-refractivity contribution in [2.24, 2.45) is 5.73 Å². The quantitative estimate of drug-likeness (QED) is 0.675. The molecule has 0 atom stereocenters. The van der Waals surface area contributed by atoms with Crippen molar-refractivity contribution in [1.82, 2.24) is 0 Å². The summed E-state index contributed by atoms with van der Waals surface area (Å²) in [6.45, 7) is -0.392. The molecule has 4 nitrogen and oxygen atoms in total. The number of nitrogens with two attached hydrogens (primary N) is 1. The topological polar surface area (TPSA) is 69.4 Å². The van der Waals surface area contributed by atoms with Crippen LogP contribution < -0.4 is 5.73 Å². The molecular weight excluding hydrogens is 282 g/mol. The molecule has 0 radical (unpaired) electrons. The van der Waals surface area contributed by atoms with Gasteiger partial charge in [0.25, 0.3) is 5.91 Å². The monoisotopic (exact) mass is 289 g/mol. The van der Waals surface area contributed by atoms with E-state index >= 15 is 0 Å². The molecule has 15 heavy (non-hydrogen) atoms. The summed E-state index contributed by atoms with van der Waals surface area (Å²) >= 11 is 4.78. The molecule has 1 aromatic rings. The molecule has 0 aliphatic carbocycles. The van der Waals surface area contributed by atoms with Crippen LogP contribution in [0.3, 0.4) is 0 Å². The standard InChI is InChI=1S/C9H8BrNO3S/c10-7-3-1-6(15-7)2-4-9(13)14-5-8(11)12/h1-4H,5H2,(H2,11,12)/b4-2+. The van der Waals surface area contributed by atoms with Gasteiger partial charge in [-0.05, 0) is 34.1 Å². The first-order chi connectivity index (χ1) is 7.08. The van der Waals surface area contributed by atoms with Crippen LogP contribution in [0.5, 0.6) is 0 Å². The number of hydrogen-bond donors (Lipinski definition) is 1. The minimum Gasteiger partial charge on any atom is -0.452 e. The zero-order chi connectivity index (χ0) is 11.3. The van der Waals surface area contributed by atoms with E-state index in [-0.39, 0.29) is 0 Å². The van der Waals surface area contributed by atoms with E-state index in [1.807, 2.05) is 12.1 Å². The Labute approximate surface area is 98.9 Å². The number of thiophene rings is 1. The van der Waals surface area contributed by atoms with Gasteiger partial charge in [0.2, 0.25) is 0 Å². The van der Waals surface area contributed by atoms with E-state index < -0.39 is 18.5 Å². The van der Waals surface area contributed by atoms with Crippen molar-refractivity contribution in [3.63, 3.8) is 0 Å². The van der Waals surface area contributed by atoms with Crippen LogP contribution in [-0.4, -0.2) is 18.5 Å². The summed E-state index contributed by atoms with van der Waals surface area (Å²) in [7, 11) is 0. The van der Waals surface area contributed by atoms with Crippen LogP contribution in [0, 0.1) is 0 Å². The second kappa shape index (κ2) is 5.67. The molecule has 6 heteroatoms. The summed E-state index contributed by atoms with van der Waals surface area (Å²) in [5, 5.41) is 0. The van der Waals surface area contributed by atoms with Crippen LogP contribution in [0.2, 0.25) is 0 Å². The number of primary amides is 1. The lowest BCUT2D eigenvalue weighted by atomic mass is 10.4. The van der Waals surface area contributed by atoms with E-state index in [4.69, 9.17) is 5.73 Å². The second-order valence-electron chi connectivity index (χ2n) is 2.55.